The summed E-state index contributed by atoms with van der Waals surface area (Å²) >= 11 is 0. The first-order valence-electron chi connectivity index (χ1n) is 8.33. The van der Waals surface area contributed by atoms with Crippen LogP contribution in [0.5, 0.6) is 0 Å². The molecule has 1 atom stereocenters. The molecule has 3 heteroatoms. The lowest BCUT2D eigenvalue weighted by molar-refractivity contribution is 0.190. The largest absolute Gasteiger partial charge is 0.335 e. The van der Waals surface area contributed by atoms with E-state index in [-0.39, 0.29) is 0 Å². The van der Waals surface area contributed by atoms with Gasteiger partial charge >= 0.3 is 0 Å². The molecule has 1 aliphatic rings. The molecule has 2 rings (SSSR count). The quantitative estimate of drug-likeness (QED) is 0.862. The fourth-order valence-electron chi connectivity index (χ4n) is 3.73. The number of imidazole rings is 1. The van der Waals surface area contributed by atoms with Crippen molar-refractivity contribution < 1.29 is 0 Å². The minimum atomic E-state index is 0.579. The van der Waals surface area contributed by atoms with Gasteiger partial charge in [-0.2, -0.15) is 0 Å². The Morgan fingerprint density at radius 1 is 1.25 bits per heavy atom. The molecule has 0 aromatic carbocycles. The molecule has 0 amide bonds. The first kappa shape index (κ1) is 15.6. The lowest BCUT2D eigenvalue weighted by Crippen LogP contribution is -2.38. The zero-order valence-corrected chi connectivity index (χ0v) is 13.6. The molecule has 0 saturated heterocycles. The van der Waals surface area contributed by atoms with E-state index in [1.807, 2.05) is 6.20 Å². The van der Waals surface area contributed by atoms with Crippen molar-refractivity contribution in [3.8, 4) is 0 Å². The van der Waals surface area contributed by atoms with E-state index < -0.39 is 0 Å². The van der Waals surface area contributed by atoms with Gasteiger partial charge in [-0.3, -0.25) is 0 Å². The fraction of sp³-hybridized carbons (Fsp3) is 0.824. The molecule has 1 N–H and O–H groups in total. The minimum absolute atomic E-state index is 0.579. The highest BCUT2D eigenvalue weighted by atomic mass is 15.1. The maximum atomic E-state index is 4.54. The Morgan fingerprint density at radius 2 is 1.90 bits per heavy atom. The van der Waals surface area contributed by atoms with Gasteiger partial charge in [0, 0.05) is 31.4 Å². The number of rotatable bonds is 6. The van der Waals surface area contributed by atoms with Gasteiger partial charge in [0.05, 0.1) is 0 Å². The van der Waals surface area contributed by atoms with Crippen LogP contribution in [0.4, 0.5) is 0 Å². The first-order valence-corrected chi connectivity index (χ1v) is 8.33. The van der Waals surface area contributed by atoms with Gasteiger partial charge in [0.1, 0.15) is 5.82 Å². The van der Waals surface area contributed by atoms with Gasteiger partial charge < -0.3 is 9.88 Å². The second kappa shape index (κ2) is 7.26. The minimum Gasteiger partial charge on any atom is -0.335 e. The number of aromatic nitrogens is 2. The molecule has 1 aromatic rings. The molecule has 114 valence electrons. The van der Waals surface area contributed by atoms with Crippen LogP contribution in [0.2, 0.25) is 0 Å². The zero-order valence-electron chi connectivity index (χ0n) is 13.6. The van der Waals surface area contributed by atoms with Crippen molar-refractivity contribution in [3.63, 3.8) is 0 Å². The number of nitrogens with zero attached hydrogens (tertiary/aromatic N) is 2. The van der Waals surface area contributed by atoms with Gasteiger partial charge in [-0.05, 0) is 57.4 Å². The van der Waals surface area contributed by atoms with E-state index in [9.17, 15) is 0 Å². The third-order valence-electron chi connectivity index (χ3n) is 5.24. The van der Waals surface area contributed by atoms with Crippen LogP contribution >= 0.6 is 0 Å². The average molecular weight is 277 g/mol. The summed E-state index contributed by atoms with van der Waals surface area (Å²) in [6.07, 6.45) is 10.7. The molecule has 1 saturated carbocycles. The van der Waals surface area contributed by atoms with E-state index in [4.69, 9.17) is 0 Å². The summed E-state index contributed by atoms with van der Waals surface area (Å²) in [6.45, 7) is 7.95. The summed E-state index contributed by atoms with van der Waals surface area (Å²) in [5, 5.41) is 3.55. The van der Waals surface area contributed by atoms with Crippen molar-refractivity contribution in [2.75, 3.05) is 7.05 Å². The fourth-order valence-corrected chi connectivity index (χ4v) is 3.73. The molecule has 0 radical (unpaired) electrons. The smallest absolute Gasteiger partial charge is 0.110 e. The molecule has 1 unspecified atom stereocenters. The van der Waals surface area contributed by atoms with Crippen molar-refractivity contribution in [2.24, 2.45) is 17.8 Å². The highest BCUT2D eigenvalue weighted by Gasteiger charge is 2.28. The molecule has 0 aliphatic heterocycles. The van der Waals surface area contributed by atoms with Crippen LogP contribution in [0.15, 0.2) is 12.4 Å². The molecule has 1 aromatic heterocycles. The maximum Gasteiger partial charge on any atom is 0.110 e. The van der Waals surface area contributed by atoms with Crippen molar-refractivity contribution in [1.29, 1.82) is 0 Å². The second-order valence-electron chi connectivity index (χ2n) is 6.65. The molecule has 1 aliphatic carbocycles. The predicted octanol–water partition coefficient (Wildman–Crippen LogP) is 3.50. The van der Waals surface area contributed by atoms with E-state index in [1.54, 1.807) is 0 Å². The second-order valence-corrected chi connectivity index (χ2v) is 6.65. The average Bonchev–Trinajstić information content (AvgIpc) is 2.92. The molecule has 3 nitrogen and oxygen atoms in total. The monoisotopic (exact) mass is 277 g/mol. The third-order valence-corrected chi connectivity index (χ3v) is 5.24. The summed E-state index contributed by atoms with van der Waals surface area (Å²) in [4.78, 5) is 4.54. The van der Waals surface area contributed by atoms with Crippen LogP contribution in [0.1, 0.15) is 52.3 Å². The molecule has 1 heterocycles. The van der Waals surface area contributed by atoms with Gasteiger partial charge in [0.2, 0.25) is 0 Å². The normalized spacial score (nSPS) is 25.1. The van der Waals surface area contributed by atoms with Crippen molar-refractivity contribution in [2.45, 2.75) is 65.5 Å². The van der Waals surface area contributed by atoms with Gasteiger partial charge in [0.25, 0.3) is 0 Å². The summed E-state index contributed by atoms with van der Waals surface area (Å²) < 4.78 is 2.27. The Hall–Kier alpha value is -0.830. The van der Waals surface area contributed by atoms with Gasteiger partial charge in [-0.25, -0.2) is 4.98 Å². The van der Waals surface area contributed by atoms with E-state index in [2.05, 4.69) is 48.9 Å². The van der Waals surface area contributed by atoms with Gasteiger partial charge in [-0.15, -0.1) is 0 Å². The Morgan fingerprint density at radius 3 is 2.45 bits per heavy atom. The van der Waals surface area contributed by atoms with Crippen LogP contribution in [0, 0.1) is 17.8 Å². The summed E-state index contributed by atoms with van der Waals surface area (Å²) in [5.74, 6) is 3.85. The van der Waals surface area contributed by atoms with Crippen molar-refractivity contribution in [3.05, 3.63) is 18.2 Å². The van der Waals surface area contributed by atoms with Crippen LogP contribution in [-0.4, -0.2) is 22.6 Å². The van der Waals surface area contributed by atoms with E-state index in [0.29, 0.717) is 6.04 Å². The lowest BCUT2D eigenvalue weighted by Gasteiger charge is -2.35. The number of hydrogen-bond acceptors (Lipinski definition) is 2. The van der Waals surface area contributed by atoms with Gasteiger partial charge in [-0.1, -0.05) is 13.8 Å². The Bertz CT molecular complexity index is 389. The molecular formula is C17H31N3. The SMILES string of the molecule is CCn1ccnc1CC(NC)C1CCC(C(C)C)CC1. The lowest BCUT2D eigenvalue weighted by atomic mass is 9.74. The Labute approximate surface area is 124 Å². The predicted molar refractivity (Wildman–Crippen MR) is 84.7 cm³/mol. The molecule has 0 spiro atoms. The summed E-state index contributed by atoms with van der Waals surface area (Å²) in [7, 11) is 2.11. The van der Waals surface area contributed by atoms with E-state index >= 15 is 0 Å². The zero-order chi connectivity index (χ0) is 14.5. The third kappa shape index (κ3) is 3.63. The number of nitrogens with one attached hydrogen (secondary N) is 1. The molecule has 0 bridgehead atoms. The van der Waals surface area contributed by atoms with Crippen molar-refractivity contribution in [1.82, 2.24) is 14.9 Å². The van der Waals surface area contributed by atoms with Crippen LogP contribution in [0.25, 0.3) is 0 Å². The number of likely N-dealkylation sites (N-methyl/N-ethyl adjacent to an activating group) is 1. The van der Waals surface area contributed by atoms with Crippen LogP contribution in [-0.2, 0) is 13.0 Å². The number of hydrogen-bond donors (Lipinski definition) is 1. The topological polar surface area (TPSA) is 29.9 Å². The van der Waals surface area contributed by atoms with E-state index in [0.717, 1.165) is 30.7 Å². The molecule has 20 heavy (non-hydrogen) atoms. The first-order chi connectivity index (χ1) is 9.65. The Kier molecular flexibility index (Phi) is 5.64. The van der Waals surface area contributed by atoms with Crippen LogP contribution < -0.4 is 5.32 Å². The van der Waals surface area contributed by atoms with E-state index in [1.165, 1.54) is 31.5 Å². The van der Waals surface area contributed by atoms with Gasteiger partial charge in [0.15, 0.2) is 0 Å². The summed E-state index contributed by atoms with van der Waals surface area (Å²) in [6, 6.07) is 0.579. The highest BCUT2D eigenvalue weighted by molar-refractivity contribution is 4.97. The molecular weight excluding hydrogens is 246 g/mol. The highest BCUT2D eigenvalue weighted by Crippen LogP contribution is 2.35. The van der Waals surface area contributed by atoms with Crippen LogP contribution in [0.3, 0.4) is 0 Å². The van der Waals surface area contributed by atoms with Crippen molar-refractivity contribution >= 4 is 0 Å². The summed E-state index contributed by atoms with van der Waals surface area (Å²) in [5.41, 5.74) is 0. The molecule has 1 fully saturated rings. The maximum absolute atomic E-state index is 4.54. The number of aryl methyl sites for hydroxylation is 1. The standard InChI is InChI=1S/C17H31N3/c1-5-20-11-10-19-17(20)12-16(18-4)15-8-6-14(7-9-15)13(2)3/h10-11,13-16,18H,5-9,12H2,1-4H3. The Balaban J connectivity index is 1.93.